The van der Waals surface area contributed by atoms with E-state index in [2.05, 4.69) is 4.99 Å². The molecule has 0 atom stereocenters. The van der Waals surface area contributed by atoms with Crippen LogP contribution in [0.15, 0.2) is 47.1 Å². The van der Waals surface area contributed by atoms with Crippen LogP contribution in [0.5, 0.6) is 11.5 Å². The highest BCUT2D eigenvalue weighted by Crippen LogP contribution is 2.31. The summed E-state index contributed by atoms with van der Waals surface area (Å²) in [5.41, 5.74) is 0.912. The lowest BCUT2D eigenvalue weighted by Crippen LogP contribution is -2.06. The number of halogens is 2. The Labute approximate surface area is 147 Å². The average molecular weight is 357 g/mol. The molecule has 0 bridgehead atoms. The minimum Gasteiger partial charge on any atom is -0.490 e. The van der Waals surface area contributed by atoms with Gasteiger partial charge in [-0.15, -0.1) is 0 Å². The Bertz CT molecular complexity index is 953. The second-order valence-electron chi connectivity index (χ2n) is 5.72. The molecule has 2 aromatic rings. The summed E-state index contributed by atoms with van der Waals surface area (Å²) in [5.74, 6) is -1.53. The molecule has 0 amide bonds. The van der Waals surface area contributed by atoms with Crippen LogP contribution < -0.4 is 9.47 Å². The van der Waals surface area contributed by atoms with Crippen LogP contribution in [0.3, 0.4) is 0 Å². The maximum Gasteiger partial charge on any atom is 0.363 e. The molecule has 0 fully saturated rings. The number of ether oxygens (including phenoxy) is 3. The molecular formula is C19H13F2NO4. The number of nitrogens with zero attached hydrogens (tertiary/aromatic N) is 1. The lowest BCUT2D eigenvalue weighted by molar-refractivity contribution is -0.129. The van der Waals surface area contributed by atoms with E-state index in [1.165, 1.54) is 12.1 Å². The van der Waals surface area contributed by atoms with E-state index in [1.807, 2.05) is 0 Å². The van der Waals surface area contributed by atoms with Gasteiger partial charge >= 0.3 is 5.97 Å². The van der Waals surface area contributed by atoms with Gasteiger partial charge in [0.05, 0.1) is 13.2 Å². The van der Waals surface area contributed by atoms with E-state index in [1.54, 1.807) is 18.2 Å². The smallest absolute Gasteiger partial charge is 0.363 e. The van der Waals surface area contributed by atoms with Crippen molar-refractivity contribution in [2.75, 3.05) is 13.2 Å². The average Bonchev–Trinajstić information content (AvgIpc) is 2.84. The summed E-state index contributed by atoms with van der Waals surface area (Å²) in [7, 11) is 0. The Morgan fingerprint density at radius 2 is 1.77 bits per heavy atom. The largest absolute Gasteiger partial charge is 0.490 e. The molecule has 2 heterocycles. The highest BCUT2D eigenvalue weighted by Gasteiger charge is 2.25. The van der Waals surface area contributed by atoms with Gasteiger partial charge in [0.1, 0.15) is 0 Å². The Hall–Kier alpha value is -3.22. The molecule has 0 saturated heterocycles. The number of aliphatic imine (C=N–C) groups is 1. The van der Waals surface area contributed by atoms with Gasteiger partial charge in [0.25, 0.3) is 0 Å². The molecule has 2 aromatic carbocycles. The van der Waals surface area contributed by atoms with E-state index in [4.69, 9.17) is 14.2 Å². The molecule has 5 nitrogen and oxygen atoms in total. The molecule has 0 radical (unpaired) electrons. The summed E-state index contributed by atoms with van der Waals surface area (Å²) in [5, 5.41) is 0. The molecule has 2 aliphatic rings. The van der Waals surface area contributed by atoms with Gasteiger partial charge in [0.15, 0.2) is 28.8 Å². The zero-order valence-electron chi connectivity index (χ0n) is 13.5. The van der Waals surface area contributed by atoms with Crippen molar-refractivity contribution in [3.63, 3.8) is 0 Å². The zero-order valence-corrected chi connectivity index (χ0v) is 13.5. The first-order valence-electron chi connectivity index (χ1n) is 7.98. The number of rotatable bonds is 2. The van der Waals surface area contributed by atoms with E-state index in [0.29, 0.717) is 30.3 Å². The van der Waals surface area contributed by atoms with Crippen LogP contribution in [0, 0.1) is 11.6 Å². The molecule has 0 aromatic heterocycles. The van der Waals surface area contributed by atoms with E-state index >= 15 is 0 Å². The van der Waals surface area contributed by atoms with Crippen molar-refractivity contribution in [1.82, 2.24) is 0 Å². The molecule has 0 spiro atoms. The van der Waals surface area contributed by atoms with Crippen LogP contribution in [0.2, 0.25) is 0 Å². The molecule has 132 valence electrons. The Balaban J connectivity index is 1.64. The number of hydrogen-bond donors (Lipinski definition) is 0. The Morgan fingerprint density at radius 1 is 0.962 bits per heavy atom. The minimum absolute atomic E-state index is 0.0548. The van der Waals surface area contributed by atoms with E-state index in [9.17, 15) is 13.6 Å². The first-order chi connectivity index (χ1) is 12.6. The van der Waals surface area contributed by atoms with Crippen LogP contribution in [0.4, 0.5) is 8.78 Å². The molecule has 0 aliphatic carbocycles. The first kappa shape index (κ1) is 16.3. The molecular weight excluding hydrogens is 344 g/mol. The summed E-state index contributed by atoms with van der Waals surface area (Å²) in [6.45, 7) is 1.13. The van der Waals surface area contributed by atoms with Gasteiger partial charge in [-0.3, -0.25) is 0 Å². The number of hydrogen-bond acceptors (Lipinski definition) is 5. The fourth-order valence-corrected chi connectivity index (χ4v) is 2.59. The van der Waals surface area contributed by atoms with Gasteiger partial charge < -0.3 is 14.2 Å². The molecule has 4 rings (SSSR count). The van der Waals surface area contributed by atoms with E-state index < -0.39 is 17.6 Å². The highest BCUT2D eigenvalue weighted by atomic mass is 19.2. The van der Waals surface area contributed by atoms with Crippen molar-refractivity contribution in [1.29, 1.82) is 0 Å². The van der Waals surface area contributed by atoms with Crippen molar-refractivity contribution < 1.29 is 27.8 Å². The number of cyclic esters (lactones) is 1. The third kappa shape index (κ3) is 3.15. The molecule has 0 unspecified atom stereocenters. The summed E-state index contributed by atoms with van der Waals surface area (Å²) >= 11 is 0. The van der Waals surface area contributed by atoms with Gasteiger partial charge in [-0.1, -0.05) is 6.07 Å². The quantitative estimate of drug-likeness (QED) is 0.610. The van der Waals surface area contributed by atoms with Crippen molar-refractivity contribution in [2.24, 2.45) is 4.99 Å². The summed E-state index contributed by atoms with van der Waals surface area (Å²) in [6.07, 6.45) is 2.32. The molecule has 0 N–H and O–H groups in total. The summed E-state index contributed by atoms with van der Waals surface area (Å²) < 4.78 is 42.6. The Morgan fingerprint density at radius 3 is 2.58 bits per heavy atom. The molecule has 7 heteroatoms. The molecule has 26 heavy (non-hydrogen) atoms. The second-order valence-corrected chi connectivity index (χ2v) is 5.72. The zero-order chi connectivity index (χ0) is 18.1. The topological polar surface area (TPSA) is 57.1 Å². The maximum absolute atomic E-state index is 13.4. The second kappa shape index (κ2) is 6.59. The lowest BCUT2D eigenvalue weighted by Gasteiger charge is -2.07. The normalized spacial score (nSPS) is 17.7. The molecule has 0 saturated carbocycles. The number of benzene rings is 2. The first-order valence-corrected chi connectivity index (χ1v) is 7.98. The van der Waals surface area contributed by atoms with Gasteiger partial charge in [0.2, 0.25) is 5.90 Å². The standard InChI is InChI=1S/C19H13F2NO4/c20-13-4-3-12(10-14(13)21)18-22-15(19(23)26-18)8-11-2-5-16-17(9-11)25-7-1-6-24-16/h2-5,8-10H,1,6-7H2/b15-8+. The van der Waals surface area contributed by atoms with Gasteiger partial charge in [-0.25, -0.2) is 18.6 Å². The number of esters is 1. The fourth-order valence-electron chi connectivity index (χ4n) is 2.59. The van der Waals surface area contributed by atoms with Crippen LogP contribution >= 0.6 is 0 Å². The summed E-state index contributed by atoms with van der Waals surface area (Å²) in [6, 6.07) is 8.43. The van der Waals surface area contributed by atoms with Gasteiger partial charge in [-0.05, 0) is 42.0 Å². The predicted molar refractivity (Wildman–Crippen MR) is 89.0 cm³/mol. The number of carbonyl (C=O) groups is 1. The third-order valence-corrected chi connectivity index (χ3v) is 3.86. The monoisotopic (exact) mass is 357 g/mol. The maximum atomic E-state index is 13.4. The SMILES string of the molecule is O=C1OC(c2ccc(F)c(F)c2)=N/C1=C/c1ccc2c(c1)OCCCO2. The van der Waals surface area contributed by atoms with Crippen molar-refractivity contribution in [3.8, 4) is 11.5 Å². The van der Waals surface area contributed by atoms with E-state index in [0.717, 1.165) is 18.6 Å². The lowest BCUT2D eigenvalue weighted by atomic mass is 10.1. The van der Waals surface area contributed by atoms with Crippen molar-refractivity contribution in [3.05, 3.63) is 64.9 Å². The van der Waals surface area contributed by atoms with E-state index in [-0.39, 0.29) is 17.2 Å². The number of carbonyl (C=O) groups excluding carboxylic acids is 1. The third-order valence-electron chi connectivity index (χ3n) is 3.86. The van der Waals surface area contributed by atoms with Gasteiger partial charge in [0, 0.05) is 12.0 Å². The van der Waals surface area contributed by atoms with Crippen LogP contribution in [0.25, 0.3) is 6.08 Å². The minimum atomic E-state index is -1.04. The van der Waals surface area contributed by atoms with Crippen LogP contribution in [-0.2, 0) is 9.53 Å². The fraction of sp³-hybridized carbons (Fsp3) is 0.158. The van der Waals surface area contributed by atoms with Crippen LogP contribution in [0.1, 0.15) is 17.5 Å². The van der Waals surface area contributed by atoms with Crippen molar-refractivity contribution in [2.45, 2.75) is 6.42 Å². The van der Waals surface area contributed by atoms with Crippen LogP contribution in [-0.4, -0.2) is 25.1 Å². The summed E-state index contributed by atoms with van der Waals surface area (Å²) in [4.78, 5) is 16.1. The Kier molecular flexibility index (Phi) is 4.12. The number of fused-ring (bicyclic) bond motifs is 1. The van der Waals surface area contributed by atoms with Gasteiger partial charge in [-0.2, -0.15) is 0 Å². The van der Waals surface area contributed by atoms with Crippen molar-refractivity contribution >= 4 is 17.9 Å². The highest BCUT2D eigenvalue weighted by molar-refractivity contribution is 6.12. The predicted octanol–water partition coefficient (Wildman–Crippen LogP) is 3.47. The molecule has 2 aliphatic heterocycles.